The molecule has 0 bridgehead atoms. The molecule has 5 heteroatoms. The summed E-state index contributed by atoms with van der Waals surface area (Å²) in [4.78, 5) is 13.7. The van der Waals surface area contributed by atoms with Crippen LogP contribution in [0.15, 0.2) is 18.2 Å². The van der Waals surface area contributed by atoms with Crippen LogP contribution in [0, 0.1) is 17.1 Å². The van der Waals surface area contributed by atoms with Crippen molar-refractivity contribution in [2.24, 2.45) is 0 Å². The summed E-state index contributed by atoms with van der Waals surface area (Å²) in [5.41, 5.74) is 0.514. The molecule has 1 aliphatic heterocycles. The standard InChI is InChI=1S/C14H16FN3O/c1-2-17-12-4-3-7-18(14(12)19)13-6-5-10(9-16)8-11(13)15/h5-6,8,12,17H,2-4,7H2,1H3. The molecule has 1 heterocycles. The van der Waals surface area contributed by atoms with Crippen LogP contribution in [0.1, 0.15) is 25.3 Å². The van der Waals surface area contributed by atoms with Gasteiger partial charge in [0.2, 0.25) is 5.91 Å². The Bertz CT molecular complexity index is 522. The Hall–Kier alpha value is -1.93. The molecule has 0 saturated carbocycles. The first-order valence-corrected chi connectivity index (χ1v) is 6.41. The van der Waals surface area contributed by atoms with Gasteiger partial charge in [-0.1, -0.05) is 6.92 Å². The van der Waals surface area contributed by atoms with E-state index in [0.29, 0.717) is 13.1 Å². The molecule has 1 fully saturated rings. The van der Waals surface area contributed by atoms with Gasteiger partial charge in [-0.3, -0.25) is 4.79 Å². The number of piperidine rings is 1. The molecule has 4 nitrogen and oxygen atoms in total. The molecule has 100 valence electrons. The van der Waals surface area contributed by atoms with Crippen molar-refractivity contribution in [3.63, 3.8) is 0 Å². The number of benzene rings is 1. The van der Waals surface area contributed by atoms with Crippen molar-refractivity contribution in [2.75, 3.05) is 18.0 Å². The van der Waals surface area contributed by atoms with E-state index in [1.165, 1.54) is 23.1 Å². The lowest BCUT2D eigenvalue weighted by atomic mass is 10.0. The second-order valence-electron chi connectivity index (χ2n) is 4.52. The number of nitrogens with zero attached hydrogens (tertiary/aromatic N) is 2. The highest BCUT2D eigenvalue weighted by Gasteiger charge is 2.30. The predicted octanol–water partition coefficient (Wildman–Crippen LogP) is 1.80. The molecule has 1 aliphatic rings. The van der Waals surface area contributed by atoms with Crippen molar-refractivity contribution in [1.82, 2.24) is 5.32 Å². The summed E-state index contributed by atoms with van der Waals surface area (Å²) in [7, 11) is 0. The van der Waals surface area contributed by atoms with Crippen LogP contribution in [-0.4, -0.2) is 25.0 Å². The van der Waals surface area contributed by atoms with Gasteiger partial charge in [0, 0.05) is 6.54 Å². The first-order valence-electron chi connectivity index (χ1n) is 6.41. The van der Waals surface area contributed by atoms with Gasteiger partial charge in [0.05, 0.1) is 23.4 Å². The zero-order valence-corrected chi connectivity index (χ0v) is 10.8. The lowest BCUT2D eigenvalue weighted by Gasteiger charge is -2.32. The number of likely N-dealkylation sites (N-methyl/N-ethyl adjacent to an activating group) is 1. The maximum absolute atomic E-state index is 13.9. The van der Waals surface area contributed by atoms with E-state index in [1.807, 2.05) is 13.0 Å². The summed E-state index contributed by atoms with van der Waals surface area (Å²) in [6.45, 7) is 3.16. The van der Waals surface area contributed by atoms with Gasteiger partial charge in [0.1, 0.15) is 5.82 Å². The Morgan fingerprint density at radius 3 is 3.00 bits per heavy atom. The first-order chi connectivity index (χ1) is 9.17. The fourth-order valence-corrected chi connectivity index (χ4v) is 2.35. The number of nitriles is 1. The third kappa shape index (κ3) is 2.74. The molecule has 0 aliphatic carbocycles. The van der Waals surface area contributed by atoms with Gasteiger partial charge in [-0.2, -0.15) is 5.26 Å². The topological polar surface area (TPSA) is 56.1 Å². The van der Waals surface area contributed by atoms with Gasteiger partial charge in [0.15, 0.2) is 0 Å². The van der Waals surface area contributed by atoms with E-state index in [-0.39, 0.29) is 23.2 Å². The highest BCUT2D eigenvalue weighted by Crippen LogP contribution is 2.24. The molecule has 1 amide bonds. The van der Waals surface area contributed by atoms with Gasteiger partial charge >= 0.3 is 0 Å². The van der Waals surface area contributed by atoms with Crippen LogP contribution >= 0.6 is 0 Å². The summed E-state index contributed by atoms with van der Waals surface area (Å²) in [6, 6.07) is 5.84. The number of rotatable bonds is 3. The first kappa shape index (κ1) is 13.5. The Morgan fingerprint density at radius 2 is 2.37 bits per heavy atom. The molecule has 2 rings (SSSR count). The lowest BCUT2D eigenvalue weighted by molar-refractivity contribution is -0.121. The molecular weight excluding hydrogens is 245 g/mol. The smallest absolute Gasteiger partial charge is 0.244 e. The fraction of sp³-hybridized carbons (Fsp3) is 0.429. The van der Waals surface area contributed by atoms with Crippen LogP contribution in [0.4, 0.5) is 10.1 Å². The summed E-state index contributed by atoms with van der Waals surface area (Å²) < 4.78 is 13.9. The van der Waals surface area contributed by atoms with E-state index in [4.69, 9.17) is 5.26 Å². The van der Waals surface area contributed by atoms with Crippen LogP contribution in [0.3, 0.4) is 0 Å². The van der Waals surface area contributed by atoms with Gasteiger partial charge in [-0.15, -0.1) is 0 Å². The highest BCUT2D eigenvalue weighted by atomic mass is 19.1. The number of carbonyl (C=O) groups is 1. The van der Waals surface area contributed by atoms with Crippen molar-refractivity contribution in [3.8, 4) is 6.07 Å². The fourth-order valence-electron chi connectivity index (χ4n) is 2.35. The van der Waals surface area contributed by atoms with Crippen LogP contribution in [0.2, 0.25) is 0 Å². The largest absolute Gasteiger partial charge is 0.308 e. The van der Waals surface area contributed by atoms with Crippen LogP contribution in [-0.2, 0) is 4.79 Å². The summed E-state index contributed by atoms with van der Waals surface area (Å²) in [6.07, 6.45) is 1.61. The number of hydrogen-bond donors (Lipinski definition) is 1. The van der Waals surface area contributed by atoms with Crippen molar-refractivity contribution < 1.29 is 9.18 Å². The van der Waals surface area contributed by atoms with Crippen molar-refractivity contribution >= 4 is 11.6 Å². The zero-order valence-electron chi connectivity index (χ0n) is 10.8. The maximum atomic E-state index is 13.9. The monoisotopic (exact) mass is 261 g/mol. The minimum absolute atomic E-state index is 0.100. The molecule has 0 radical (unpaired) electrons. The second kappa shape index (κ2) is 5.81. The number of anilines is 1. The SMILES string of the molecule is CCNC1CCCN(c2ccc(C#N)cc2F)C1=O. The number of nitrogens with one attached hydrogen (secondary N) is 1. The van der Waals surface area contributed by atoms with E-state index < -0.39 is 5.82 Å². The molecule has 1 saturated heterocycles. The molecule has 1 N–H and O–H groups in total. The van der Waals surface area contributed by atoms with Crippen molar-refractivity contribution in [2.45, 2.75) is 25.8 Å². The van der Waals surface area contributed by atoms with Gasteiger partial charge in [0.25, 0.3) is 0 Å². The third-order valence-corrected chi connectivity index (χ3v) is 3.26. The maximum Gasteiger partial charge on any atom is 0.244 e. The average molecular weight is 261 g/mol. The Kier molecular flexibility index (Phi) is 4.13. The highest BCUT2D eigenvalue weighted by molar-refractivity contribution is 5.98. The number of halogens is 1. The Morgan fingerprint density at radius 1 is 1.58 bits per heavy atom. The van der Waals surface area contributed by atoms with E-state index in [1.54, 1.807) is 0 Å². The third-order valence-electron chi connectivity index (χ3n) is 3.26. The molecule has 1 aromatic rings. The number of hydrogen-bond acceptors (Lipinski definition) is 3. The quantitative estimate of drug-likeness (QED) is 0.902. The predicted molar refractivity (Wildman–Crippen MR) is 70.2 cm³/mol. The summed E-state index contributed by atoms with van der Waals surface area (Å²) in [5, 5.41) is 11.8. The van der Waals surface area contributed by atoms with E-state index in [0.717, 1.165) is 12.8 Å². The molecule has 1 atom stereocenters. The molecule has 1 aromatic carbocycles. The van der Waals surface area contributed by atoms with E-state index in [9.17, 15) is 9.18 Å². The van der Waals surface area contributed by atoms with Crippen molar-refractivity contribution in [1.29, 1.82) is 5.26 Å². The minimum Gasteiger partial charge on any atom is -0.308 e. The number of amides is 1. The Balaban J connectivity index is 2.26. The lowest BCUT2D eigenvalue weighted by Crippen LogP contribution is -2.51. The van der Waals surface area contributed by atoms with Crippen molar-refractivity contribution in [3.05, 3.63) is 29.6 Å². The van der Waals surface area contributed by atoms with Gasteiger partial charge in [-0.05, 0) is 37.6 Å². The zero-order chi connectivity index (χ0) is 13.8. The Labute approximate surface area is 111 Å². The van der Waals surface area contributed by atoms with Crippen LogP contribution in [0.25, 0.3) is 0 Å². The summed E-state index contributed by atoms with van der Waals surface area (Å²) >= 11 is 0. The second-order valence-corrected chi connectivity index (χ2v) is 4.52. The normalized spacial score (nSPS) is 19.3. The van der Waals surface area contributed by atoms with Crippen LogP contribution in [0.5, 0.6) is 0 Å². The molecule has 1 unspecified atom stereocenters. The number of carbonyl (C=O) groups excluding carboxylic acids is 1. The molecule has 0 aromatic heterocycles. The molecular formula is C14H16FN3O. The minimum atomic E-state index is -0.524. The molecule has 19 heavy (non-hydrogen) atoms. The van der Waals surface area contributed by atoms with Gasteiger partial charge < -0.3 is 10.2 Å². The average Bonchev–Trinajstić information content (AvgIpc) is 2.42. The van der Waals surface area contributed by atoms with E-state index >= 15 is 0 Å². The van der Waals surface area contributed by atoms with Gasteiger partial charge in [-0.25, -0.2) is 4.39 Å². The van der Waals surface area contributed by atoms with Crippen LogP contribution < -0.4 is 10.2 Å². The van der Waals surface area contributed by atoms with E-state index in [2.05, 4.69) is 5.32 Å². The molecule has 0 spiro atoms. The summed E-state index contributed by atoms with van der Waals surface area (Å²) in [5.74, 6) is -0.624.